The quantitative estimate of drug-likeness (QED) is 0.418. The summed E-state index contributed by atoms with van der Waals surface area (Å²) in [5, 5.41) is 0. The third-order valence-electron chi connectivity index (χ3n) is 1.33. The van der Waals surface area contributed by atoms with Gasteiger partial charge >= 0.3 is 0 Å². The molecule has 2 radical (unpaired) electrons. The van der Waals surface area contributed by atoms with Crippen LogP contribution in [0.3, 0.4) is 0 Å². The van der Waals surface area contributed by atoms with E-state index in [-0.39, 0.29) is 0 Å². The molecule has 1 aliphatic rings. The summed E-state index contributed by atoms with van der Waals surface area (Å²) in [5.74, 6) is 0. The molecule has 0 saturated carbocycles. The Hall–Kier alpha value is -0.260. The molecule has 0 fully saturated rings. The zero-order valence-electron chi connectivity index (χ0n) is 5.14. The van der Waals surface area contributed by atoms with Gasteiger partial charge in [0.25, 0.3) is 0 Å². The van der Waals surface area contributed by atoms with Gasteiger partial charge in [-0.1, -0.05) is 12.2 Å². The van der Waals surface area contributed by atoms with Gasteiger partial charge in [-0.05, 0) is 38.5 Å². The van der Waals surface area contributed by atoms with Crippen molar-refractivity contribution in [1.82, 2.24) is 0 Å². The molecule has 0 aromatic carbocycles. The van der Waals surface area contributed by atoms with E-state index in [2.05, 4.69) is 25.0 Å². The maximum absolute atomic E-state index is 2.27. The van der Waals surface area contributed by atoms with Crippen LogP contribution in [0.1, 0.15) is 25.7 Å². The Morgan fingerprint density at radius 2 is 1.12 bits per heavy atom. The molecular weight excluding hydrogens is 96.1 g/mol. The van der Waals surface area contributed by atoms with Crippen LogP contribution in [0.15, 0.2) is 12.2 Å². The van der Waals surface area contributed by atoms with Gasteiger partial charge in [-0.3, -0.25) is 0 Å². The largest absolute Gasteiger partial charge is 0.0885 e. The zero-order chi connectivity index (χ0) is 5.66. The number of hydrogen-bond acceptors (Lipinski definition) is 0. The molecule has 0 spiro atoms. The Balaban J connectivity index is 2.17. The van der Waals surface area contributed by atoms with Gasteiger partial charge in [0.2, 0.25) is 0 Å². The van der Waals surface area contributed by atoms with Crippen molar-refractivity contribution >= 4 is 0 Å². The monoisotopic (exact) mass is 108 g/mol. The van der Waals surface area contributed by atoms with Crippen molar-refractivity contribution in [3.05, 3.63) is 25.0 Å². The first-order valence-corrected chi connectivity index (χ1v) is 3.30. The average Bonchev–Trinajstić information content (AvgIpc) is 1.62. The molecule has 0 aromatic rings. The highest BCUT2D eigenvalue weighted by atomic mass is 14.0. The molecule has 0 heterocycles. The summed E-state index contributed by atoms with van der Waals surface area (Å²) in [6.07, 6.45) is 14.0. The minimum atomic E-state index is 1.23. The van der Waals surface area contributed by atoms with E-state index in [1.807, 2.05) is 0 Å². The highest BCUT2D eigenvalue weighted by Crippen LogP contribution is 2.07. The molecule has 1 rings (SSSR count). The number of hydrogen-bond donors (Lipinski definition) is 0. The van der Waals surface area contributed by atoms with E-state index in [9.17, 15) is 0 Å². The Kier molecular flexibility index (Phi) is 2.72. The number of allylic oxidation sites excluding steroid dienone is 2. The Morgan fingerprint density at radius 1 is 0.625 bits per heavy atom. The first-order chi connectivity index (χ1) is 4.00. The Labute approximate surface area is 51.6 Å². The van der Waals surface area contributed by atoms with Crippen molar-refractivity contribution in [2.45, 2.75) is 25.7 Å². The van der Waals surface area contributed by atoms with Gasteiger partial charge in [0.05, 0.1) is 0 Å². The minimum Gasteiger partial charge on any atom is -0.0885 e. The molecule has 0 atom stereocenters. The molecule has 0 heteroatoms. The van der Waals surface area contributed by atoms with Crippen LogP contribution in [0.2, 0.25) is 0 Å². The minimum absolute atomic E-state index is 1.23. The highest BCUT2D eigenvalue weighted by molar-refractivity contribution is 4.94. The molecule has 0 bridgehead atoms. The first-order valence-electron chi connectivity index (χ1n) is 3.30. The lowest BCUT2D eigenvalue weighted by Gasteiger charge is -1.99. The molecule has 0 amide bonds. The second kappa shape index (κ2) is 3.71. The summed E-state index contributed by atoms with van der Waals surface area (Å²) in [6, 6.07) is 0. The summed E-state index contributed by atoms with van der Waals surface area (Å²) in [4.78, 5) is 0. The predicted octanol–water partition coefficient (Wildman–Crippen LogP) is 2.53. The molecule has 8 heavy (non-hydrogen) atoms. The van der Waals surface area contributed by atoms with Crippen molar-refractivity contribution in [2.24, 2.45) is 0 Å². The maximum Gasteiger partial charge on any atom is -0.0348 e. The van der Waals surface area contributed by atoms with Crippen LogP contribution in [-0.4, -0.2) is 0 Å². The molecule has 0 saturated heterocycles. The lowest BCUT2D eigenvalue weighted by Crippen LogP contribution is -1.82. The van der Waals surface area contributed by atoms with Crippen LogP contribution in [-0.2, 0) is 0 Å². The van der Waals surface area contributed by atoms with Gasteiger partial charge in [0.1, 0.15) is 0 Å². The smallest absolute Gasteiger partial charge is 0.0348 e. The molecular formula is C8H12. The normalized spacial score (nSPS) is 26.0. The van der Waals surface area contributed by atoms with E-state index in [0.29, 0.717) is 0 Å². The Morgan fingerprint density at radius 3 is 1.62 bits per heavy atom. The van der Waals surface area contributed by atoms with E-state index in [1.165, 1.54) is 25.7 Å². The summed E-state index contributed by atoms with van der Waals surface area (Å²) in [5.41, 5.74) is 0. The van der Waals surface area contributed by atoms with Crippen molar-refractivity contribution in [3.63, 3.8) is 0 Å². The van der Waals surface area contributed by atoms with Gasteiger partial charge in [-0.15, -0.1) is 0 Å². The first kappa shape index (κ1) is 5.87. The van der Waals surface area contributed by atoms with Crippen molar-refractivity contribution in [2.75, 3.05) is 0 Å². The lowest BCUT2D eigenvalue weighted by molar-refractivity contribution is 0.874. The van der Waals surface area contributed by atoms with Crippen LogP contribution in [0.4, 0.5) is 0 Å². The van der Waals surface area contributed by atoms with E-state index in [4.69, 9.17) is 0 Å². The predicted molar refractivity (Wildman–Crippen MR) is 36.2 cm³/mol. The van der Waals surface area contributed by atoms with Gasteiger partial charge in [0.15, 0.2) is 0 Å². The molecule has 0 unspecified atom stereocenters. The van der Waals surface area contributed by atoms with Gasteiger partial charge in [-0.2, -0.15) is 0 Å². The molecule has 0 aromatic heterocycles. The lowest BCUT2D eigenvalue weighted by atomic mass is 10.1. The van der Waals surface area contributed by atoms with E-state index >= 15 is 0 Å². The fraction of sp³-hybridized carbons (Fsp3) is 0.500. The molecule has 0 aliphatic heterocycles. The summed E-state index contributed by atoms with van der Waals surface area (Å²) < 4.78 is 0. The second-order valence-corrected chi connectivity index (χ2v) is 2.10. The summed E-state index contributed by atoms with van der Waals surface area (Å²) in [7, 11) is 0. The molecule has 0 N–H and O–H groups in total. The van der Waals surface area contributed by atoms with Gasteiger partial charge in [0, 0.05) is 0 Å². The third-order valence-corrected chi connectivity index (χ3v) is 1.33. The van der Waals surface area contributed by atoms with E-state index in [1.54, 1.807) is 0 Å². The topological polar surface area (TPSA) is 0 Å². The van der Waals surface area contributed by atoms with Crippen molar-refractivity contribution in [3.8, 4) is 0 Å². The van der Waals surface area contributed by atoms with E-state index < -0.39 is 0 Å². The maximum atomic E-state index is 2.27. The molecule has 1 aliphatic carbocycles. The van der Waals surface area contributed by atoms with Crippen LogP contribution in [0.25, 0.3) is 0 Å². The van der Waals surface area contributed by atoms with E-state index in [0.717, 1.165) is 0 Å². The standard InChI is InChI=1S/C8H12/c1-2-4-6-8-7-5-3-1/h1-2,7-8H,3-6H2/b2-1-. The zero-order valence-corrected chi connectivity index (χ0v) is 5.14. The summed E-state index contributed by atoms with van der Waals surface area (Å²) in [6.45, 7) is 0. The molecule has 0 nitrogen and oxygen atoms in total. The number of rotatable bonds is 0. The van der Waals surface area contributed by atoms with Crippen LogP contribution >= 0.6 is 0 Å². The average molecular weight is 108 g/mol. The van der Waals surface area contributed by atoms with Gasteiger partial charge in [-0.25, -0.2) is 0 Å². The van der Waals surface area contributed by atoms with Crippen molar-refractivity contribution < 1.29 is 0 Å². The van der Waals surface area contributed by atoms with Crippen LogP contribution in [0.5, 0.6) is 0 Å². The SMILES string of the molecule is [CH]1[CH]CC/C=C\CC1. The third kappa shape index (κ3) is 2.15. The Bertz CT molecular complexity index is 62.1. The van der Waals surface area contributed by atoms with Crippen LogP contribution in [0, 0.1) is 12.8 Å². The fourth-order valence-electron chi connectivity index (χ4n) is 0.856. The fourth-order valence-corrected chi connectivity index (χ4v) is 0.856. The highest BCUT2D eigenvalue weighted by Gasteiger charge is 1.90. The van der Waals surface area contributed by atoms with Gasteiger partial charge < -0.3 is 0 Å². The van der Waals surface area contributed by atoms with Crippen molar-refractivity contribution in [1.29, 1.82) is 0 Å². The summed E-state index contributed by atoms with van der Waals surface area (Å²) >= 11 is 0. The van der Waals surface area contributed by atoms with Crippen LogP contribution < -0.4 is 0 Å². The second-order valence-electron chi connectivity index (χ2n) is 2.10. The molecule has 44 valence electrons.